The molecule has 0 amide bonds. The van der Waals surface area contributed by atoms with E-state index in [4.69, 9.17) is 19.4 Å². The molecule has 2 aliphatic heterocycles. The van der Waals surface area contributed by atoms with Crippen molar-refractivity contribution in [3.8, 4) is 0 Å². The average molecular weight is 461 g/mol. The van der Waals surface area contributed by atoms with Crippen molar-refractivity contribution >= 4 is 56.0 Å². The smallest absolute Gasteiger partial charge is 0.229 e. The molecule has 4 heterocycles. The first-order chi connectivity index (χ1) is 11.6. The van der Waals surface area contributed by atoms with Crippen molar-refractivity contribution in [2.75, 3.05) is 49.3 Å². The number of thiazole rings is 1. The van der Waals surface area contributed by atoms with Crippen LogP contribution in [0.15, 0.2) is 0 Å². The van der Waals surface area contributed by atoms with Gasteiger partial charge in [-0.3, -0.25) is 0 Å². The topological polar surface area (TPSA) is 63.6 Å². The first-order valence-electron chi connectivity index (χ1n) is 8.16. The molecule has 2 aliphatic rings. The minimum absolute atomic E-state index is 0.276. The number of hydrogen-bond donors (Lipinski definition) is 0. The first-order valence-corrected chi connectivity index (χ1v) is 10.1. The number of fused-ring (bicyclic) bond motifs is 1. The Morgan fingerprint density at radius 3 is 2.33 bits per heavy atom. The van der Waals surface area contributed by atoms with Gasteiger partial charge in [0.2, 0.25) is 5.95 Å². The van der Waals surface area contributed by atoms with E-state index < -0.39 is 0 Å². The lowest BCUT2D eigenvalue weighted by Gasteiger charge is -2.36. The summed E-state index contributed by atoms with van der Waals surface area (Å²) in [5, 5.41) is 0. The quantitative estimate of drug-likeness (QED) is 0.636. The summed E-state index contributed by atoms with van der Waals surface area (Å²) in [4.78, 5) is 19.9. The molecule has 0 spiro atoms. The van der Waals surface area contributed by atoms with Gasteiger partial charge in [0.05, 0.1) is 38.5 Å². The molecule has 2 aromatic rings. The van der Waals surface area contributed by atoms with E-state index in [9.17, 15) is 0 Å². The molecule has 2 unspecified atom stereocenters. The average Bonchev–Trinajstić information content (AvgIpc) is 2.95. The monoisotopic (exact) mass is 461 g/mol. The number of ether oxygens (including phenoxy) is 2. The molecule has 0 aromatic carbocycles. The second kappa shape index (κ2) is 6.85. The fourth-order valence-corrected chi connectivity index (χ4v) is 4.69. The maximum Gasteiger partial charge on any atom is 0.229 e. The molecule has 0 aliphatic carbocycles. The Balaban J connectivity index is 1.81. The zero-order valence-electron chi connectivity index (χ0n) is 13.7. The fraction of sp³-hybridized carbons (Fsp3) is 0.667. The fourth-order valence-electron chi connectivity index (χ4n) is 3.17. The number of anilines is 2. The Kier molecular flexibility index (Phi) is 4.76. The van der Waals surface area contributed by atoms with E-state index in [1.807, 2.05) is 0 Å². The molecule has 0 radical (unpaired) electrons. The third kappa shape index (κ3) is 3.06. The van der Waals surface area contributed by atoms with E-state index in [1.54, 1.807) is 11.3 Å². The Morgan fingerprint density at radius 2 is 1.67 bits per heavy atom. The maximum absolute atomic E-state index is 5.58. The number of aromatic nitrogens is 3. The van der Waals surface area contributed by atoms with E-state index in [2.05, 4.69) is 51.2 Å². The van der Waals surface area contributed by atoms with E-state index in [1.165, 1.54) is 0 Å². The molecule has 2 saturated heterocycles. The van der Waals surface area contributed by atoms with Crippen molar-refractivity contribution in [1.82, 2.24) is 15.0 Å². The number of morpholine rings is 2. The van der Waals surface area contributed by atoms with Crippen LogP contribution in [0.3, 0.4) is 0 Å². The Bertz CT molecular complexity index is 742. The van der Waals surface area contributed by atoms with Gasteiger partial charge in [-0.1, -0.05) is 11.3 Å². The second-order valence-electron chi connectivity index (χ2n) is 6.20. The van der Waals surface area contributed by atoms with Crippen molar-refractivity contribution in [1.29, 1.82) is 0 Å². The van der Waals surface area contributed by atoms with Crippen molar-refractivity contribution in [3.63, 3.8) is 0 Å². The molecule has 9 heteroatoms. The largest absolute Gasteiger partial charge is 0.377 e. The van der Waals surface area contributed by atoms with Crippen LogP contribution in [0.4, 0.5) is 11.8 Å². The Labute approximate surface area is 158 Å². The highest BCUT2D eigenvalue weighted by atomic mass is 127. The standard InChI is InChI=1S/C15H20IN5O2S/c1-9-7-22-5-3-20(9)12-11-13(24-14(16)17-11)19-15(18-12)21-4-6-23-8-10(21)2/h9-10H,3-8H2,1-2H3. The minimum atomic E-state index is 0.276. The summed E-state index contributed by atoms with van der Waals surface area (Å²) in [5.74, 6) is 1.72. The lowest BCUT2D eigenvalue weighted by atomic mass is 10.2. The number of hydrogen-bond acceptors (Lipinski definition) is 8. The van der Waals surface area contributed by atoms with E-state index >= 15 is 0 Å². The van der Waals surface area contributed by atoms with E-state index in [-0.39, 0.29) is 12.1 Å². The molecule has 2 fully saturated rings. The summed E-state index contributed by atoms with van der Waals surface area (Å²) in [5.41, 5.74) is 0.905. The zero-order chi connectivity index (χ0) is 16.7. The Hall–Kier alpha value is -0.780. The van der Waals surface area contributed by atoms with Crippen molar-refractivity contribution < 1.29 is 9.47 Å². The normalized spacial score (nSPS) is 25.5. The van der Waals surface area contributed by atoms with Gasteiger partial charge in [-0.05, 0) is 36.4 Å². The molecule has 24 heavy (non-hydrogen) atoms. The minimum Gasteiger partial charge on any atom is -0.377 e. The molecule has 0 saturated carbocycles. The van der Waals surface area contributed by atoms with Crippen molar-refractivity contribution in [3.05, 3.63) is 3.01 Å². The first kappa shape index (κ1) is 16.7. The summed E-state index contributed by atoms with van der Waals surface area (Å²) in [7, 11) is 0. The maximum atomic E-state index is 5.58. The number of rotatable bonds is 2. The number of nitrogens with zero attached hydrogens (tertiary/aromatic N) is 5. The van der Waals surface area contributed by atoms with E-state index in [0.717, 1.165) is 58.0 Å². The van der Waals surface area contributed by atoms with Crippen molar-refractivity contribution in [2.24, 2.45) is 0 Å². The van der Waals surface area contributed by atoms with Gasteiger partial charge < -0.3 is 19.3 Å². The van der Waals surface area contributed by atoms with E-state index in [0.29, 0.717) is 6.61 Å². The van der Waals surface area contributed by atoms with Crippen LogP contribution in [0.25, 0.3) is 10.3 Å². The summed E-state index contributed by atoms with van der Waals surface area (Å²) >= 11 is 3.88. The van der Waals surface area contributed by atoms with Crippen molar-refractivity contribution in [2.45, 2.75) is 25.9 Å². The predicted molar refractivity (Wildman–Crippen MR) is 103 cm³/mol. The summed E-state index contributed by atoms with van der Waals surface area (Å²) in [6.45, 7) is 8.85. The van der Waals surface area contributed by atoms with Gasteiger partial charge in [-0.2, -0.15) is 9.97 Å². The molecule has 2 atom stereocenters. The molecular weight excluding hydrogens is 441 g/mol. The van der Waals surface area contributed by atoms with Crippen LogP contribution in [0.2, 0.25) is 0 Å². The molecule has 4 rings (SSSR count). The van der Waals surface area contributed by atoms with Crippen LogP contribution < -0.4 is 9.80 Å². The lowest BCUT2D eigenvalue weighted by Crippen LogP contribution is -2.46. The van der Waals surface area contributed by atoms with Crippen LogP contribution in [-0.4, -0.2) is 66.6 Å². The molecule has 0 bridgehead atoms. The Morgan fingerprint density at radius 1 is 1.00 bits per heavy atom. The van der Waals surface area contributed by atoms with Gasteiger partial charge in [0, 0.05) is 13.1 Å². The molecule has 2 aromatic heterocycles. The highest BCUT2D eigenvalue weighted by Gasteiger charge is 2.28. The van der Waals surface area contributed by atoms with Crippen LogP contribution in [0.1, 0.15) is 13.8 Å². The second-order valence-corrected chi connectivity index (χ2v) is 8.93. The van der Waals surface area contributed by atoms with Crippen LogP contribution in [0.5, 0.6) is 0 Å². The molecular formula is C15H20IN5O2S. The third-order valence-electron chi connectivity index (χ3n) is 4.47. The molecule has 7 nitrogen and oxygen atoms in total. The van der Waals surface area contributed by atoms with Crippen LogP contribution in [-0.2, 0) is 9.47 Å². The summed E-state index contributed by atoms with van der Waals surface area (Å²) in [6.07, 6.45) is 0. The summed E-state index contributed by atoms with van der Waals surface area (Å²) < 4.78 is 12.1. The van der Waals surface area contributed by atoms with Crippen LogP contribution in [0, 0.1) is 3.01 Å². The molecule has 0 N–H and O–H groups in total. The van der Waals surface area contributed by atoms with Crippen LogP contribution >= 0.6 is 33.9 Å². The van der Waals surface area contributed by atoms with Gasteiger partial charge in [-0.25, -0.2) is 4.98 Å². The third-order valence-corrected chi connectivity index (χ3v) is 6.11. The summed E-state index contributed by atoms with van der Waals surface area (Å²) in [6, 6.07) is 0.560. The highest BCUT2D eigenvalue weighted by molar-refractivity contribution is 14.1. The predicted octanol–water partition coefficient (Wildman–Crippen LogP) is 2.14. The highest BCUT2D eigenvalue weighted by Crippen LogP contribution is 2.33. The van der Waals surface area contributed by atoms with Gasteiger partial charge in [0.15, 0.2) is 13.7 Å². The number of halogens is 1. The van der Waals surface area contributed by atoms with Gasteiger partial charge in [0.1, 0.15) is 5.52 Å². The molecule has 130 valence electrons. The van der Waals surface area contributed by atoms with Gasteiger partial charge in [-0.15, -0.1) is 0 Å². The van der Waals surface area contributed by atoms with Gasteiger partial charge >= 0.3 is 0 Å². The van der Waals surface area contributed by atoms with Gasteiger partial charge in [0.25, 0.3) is 0 Å². The SMILES string of the molecule is CC1COCCN1c1nc(N2CCOCC2C)c2nc(I)sc2n1. The lowest BCUT2D eigenvalue weighted by molar-refractivity contribution is 0.0973. The zero-order valence-corrected chi connectivity index (χ0v) is 16.7.